The Morgan fingerprint density at radius 2 is 2.00 bits per heavy atom. The van der Waals surface area contributed by atoms with E-state index >= 15 is 0 Å². The van der Waals surface area contributed by atoms with E-state index in [1.54, 1.807) is 6.07 Å². The molecule has 2 aromatic heterocycles. The molecule has 2 aromatic rings. The lowest BCUT2D eigenvalue weighted by Gasteiger charge is -2.00. The van der Waals surface area contributed by atoms with Gasteiger partial charge in [0.1, 0.15) is 11.3 Å². The number of hydrogen-bond donors (Lipinski definition) is 1. The first-order chi connectivity index (χ1) is 7.33. The number of fused-ring (bicyclic) bond motifs is 1. The largest absolute Gasteiger partial charge is 0.422 e. The van der Waals surface area contributed by atoms with E-state index < -0.39 is 0 Å². The van der Waals surface area contributed by atoms with Gasteiger partial charge < -0.3 is 10.2 Å². The topological polar surface area (TPSA) is 64.9 Å². The second kappa shape index (κ2) is 3.22. The zero-order valence-corrected chi connectivity index (χ0v) is 8.44. The molecule has 0 spiro atoms. The average Bonchev–Trinajstić information content (AvgIpc) is 2.84. The molecule has 0 atom stereocenters. The molecule has 0 aromatic carbocycles. The van der Waals surface area contributed by atoms with Crippen LogP contribution in [0.1, 0.15) is 37.5 Å². The summed E-state index contributed by atoms with van der Waals surface area (Å²) in [5.41, 5.74) is 6.97. The zero-order valence-electron chi connectivity index (χ0n) is 8.44. The third-order valence-corrected chi connectivity index (χ3v) is 3.00. The van der Waals surface area contributed by atoms with E-state index in [0.29, 0.717) is 17.4 Å². The first-order valence-corrected chi connectivity index (χ1v) is 5.36. The summed E-state index contributed by atoms with van der Waals surface area (Å²) < 4.78 is 5.63. The Hall–Kier alpha value is -1.58. The van der Waals surface area contributed by atoms with Crippen molar-refractivity contribution >= 4 is 17.0 Å². The third kappa shape index (κ3) is 1.46. The summed E-state index contributed by atoms with van der Waals surface area (Å²) in [6.07, 6.45) is 4.92. The van der Waals surface area contributed by atoms with Gasteiger partial charge in [-0.1, -0.05) is 12.8 Å². The molecule has 0 radical (unpaired) electrons. The summed E-state index contributed by atoms with van der Waals surface area (Å²) in [5, 5.41) is 0. The van der Waals surface area contributed by atoms with Crippen molar-refractivity contribution in [2.75, 3.05) is 5.73 Å². The standard InChI is InChI=1S/C11H13N3O/c12-9-6-5-8-11(14-9)15-10(13-8)7-3-1-2-4-7/h5-7H,1-4H2,(H2,12,14). The monoisotopic (exact) mass is 203 g/mol. The Morgan fingerprint density at radius 3 is 2.80 bits per heavy atom. The van der Waals surface area contributed by atoms with Gasteiger partial charge in [0.05, 0.1) is 0 Å². The molecule has 15 heavy (non-hydrogen) atoms. The van der Waals surface area contributed by atoms with E-state index in [4.69, 9.17) is 10.2 Å². The van der Waals surface area contributed by atoms with Gasteiger partial charge >= 0.3 is 0 Å². The molecule has 78 valence electrons. The Morgan fingerprint density at radius 1 is 1.20 bits per heavy atom. The van der Waals surface area contributed by atoms with Crippen molar-refractivity contribution in [3.63, 3.8) is 0 Å². The number of nitrogens with two attached hydrogens (primary N) is 1. The van der Waals surface area contributed by atoms with Crippen LogP contribution in [0.15, 0.2) is 16.5 Å². The van der Waals surface area contributed by atoms with Crippen LogP contribution in [0.4, 0.5) is 5.82 Å². The molecule has 3 rings (SSSR count). The van der Waals surface area contributed by atoms with Gasteiger partial charge in [0.2, 0.25) is 11.6 Å². The normalized spacial score (nSPS) is 17.6. The fourth-order valence-corrected chi connectivity index (χ4v) is 2.20. The first kappa shape index (κ1) is 8.71. The number of pyridine rings is 1. The highest BCUT2D eigenvalue weighted by Crippen LogP contribution is 2.34. The maximum Gasteiger partial charge on any atom is 0.248 e. The van der Waals surface area contributed by atoms with E-state index in [1.807, 2.05) is 6.07 Å². The minimum atomic E-state index is 0.483. The molecule has 0 amide bonds. The van der Waals surface area contributed by atoms with Crippen LogP contribution < -0.4 is 5.73 Å². The molecule has 1 aliphatic carbocycles. The highest BCUT2D eigenvalue weighted by Gasteiger charge is 2.22. The van der Waals surface area contributed by atoms with Gasteiger partial charge in [-0.2, -0.15) is 4.98 Å². The smallest absolute Gasteiger partial charge is 0.248 e. The minimum Gasteiger partial charge on any atom is -0.422 e. The molecule has 2 N–H and O–H groups in total. The van der Waals surface area contributed by atoms with Gasteiger partial charge in [0, 0.05) is 5.92 Å². The molecule has 0 saturated heterocycles. The molecule has 2 heterocycles. The van der Waals surface area contributed by atoms with Gasteiger partial charge in [-0.05, 0) is 25.0 Å². The summed E-state index contributed by atoms with van der Waals surface area (Å²) >= 11 is 0. The highest BCUT2D eigenvalue weighted by molar-refractivity contribution is 5.70. The molecular weight excluding hydrogens is 190 g/mol. The lowest BCUT2D eigenvalue weighted by molar-refractivity contribution is 0.469. The molecule has 4 nitrogen and oxygen atoms in total. The number of nitrogens with zero attached hydrogens (tertiary/aromatic N) is 2. The Labute approximate surface area is 87.5 Å². The second-order valence-electron chi connectivity index (χ2n) is 4.09. The minimum absolute atomic E-state index is 0.483. The molecule has 4 heteroatoms. The van der Waals surface area contributed by atoms with Crippen molar-refractivity contribution in [1.29, 1.82) is 0 Å². The Bertz CT molecular complexity index is 486. The Kier molecular flexibility index (Phi) is 1.87. The van der Waals surface area contributed by atoms with Crippen molar-refractivity contribution < 1.29 is 4.42 Å². The number of anilines is 1. The number of aromatic nitrogens is 2. The van der Waals surface area contributed by atoms with E-state index in [1.165, 1.54) is 25.7 Å². The number of hydrogen-bond acceptors (Lipinski definition) is 4. The molecule has 1 fully saturated rings. The van der Waals surface area contributed by atoms with Crippen LogP contribution in [0.2, 0.25) is 0 Å². The molecule has 0 unspecified atom stereocenters. The van der Waals surface area contributed by atoms with Crippen LogP contribution >= 0.6 is 0 Å². The predicted molar refractivity (Wildman–Crippen MR) is 57.4 cm³/mol. The van der Waals surface area contributed by atoms with Crippen LogP contribution in [-0.2, 0) is 0 Å². The van der Waals surface area contributed by atoms with Crippen LogP contribution in [0, 0.1) is 0 Å². The summed E-state index contributed by atoms with van der Waals surface area (Å²) in [6, 6.07) is 3.61. The van der Waals surface area contributed by atoms with Gasteiger partial charge in [-0.15, -0.1) is 0 Å². The third-order valence-electron chi connectivity index (χ3n) is 3.00. The summed E-state index contributed by atoms with van der Waals surface area (Å²) in [7, 11) is 0. The Balaban J connectivity index is 2.05. The molecular formula is C11H13N3O. The quantitative estimate of drug-likeness (QED) is 0.773. The summed E-state index contributed by atoms with van der Waals surface area (Å²) in [6.45, 7) is 0. The number of oxazole rings is 1. The van der Waals surface area contributed by atoms with Crippen molar-refractivity contribution in [3.8, 4) is 0 Å². The summed E-state index contributed by atoms with van der Waals surface area (Å²) in [5.74, 6) is 1.80. The van der Waals surface area contributed by atoms with Gasteiger partial charge in [0.25, 0.3) is 0 Å². The van der Waals surface area contributed by atoms with Crippen molar-refractivity contribution in [3.05, 3.63) is 18.0 Å². The lowest BCUT2D eigenvalue weighted by atomic mass is 10.1. The van der Waals surface area contributed by atoms with Crippen LogP contribution in [-0.4, -0.2) is 9.97 Å². The van der Waals surface area contributed by atoms with Crippen LogP contribution in [0.5, 0.6) is 0 Å². The van der Waals surface area contributed by atoms with Crippen molar-refractivity contribution in [2.45, 2.75) is 31.6 Å². The first-order valence-electron chi connectivity index (χ1n) is 5.36. The second-order valence-corrected chi connectivity index (χ2v) is 4.09. The predicted octanol–water partition coefficient (Wildman–Crippen LogP) is 2.46. The average molecular weight is 203 g/mol. The number of rotatable bonds is 1. The SMILES string of the molecule is Nc1ccc2nc(C3CCCC3)oc2n1. The fourth-order valence-electron chi connectivity index (χ4n) is 2.20. The highest BCUT2D eigenvalue weighted by atomic mass is 16.4. The van der Waals surface area contributed by atoms with E-state index in [-0.39, 0.29) is 0 Å². The molecule has 1 saturated carbocycles. The van der Waals surface area contributed by atoms with Crippen LogP contribution in [0.3, 0.4) is 0 Å². The van der Waals surface area contributed by atoms with Crippen LogP contribution in [0.25, 0.3) is 11.2 Å². The zero-order chi connectivity index (χ0) is 10.3. The van der Waals surface area contributed by atoms with Gasteiger partial charge in [-0.3, -0.25) is 0 Å². The van der Waals surface area contributed by atoms with Gasteiger partial charge in [0.15, 0.2) is 0 Å². The van der Waals surface area contributed by atoms with E-state index in [9.17, 15) is 0 Å². The maximum atomic E-state index is 5.63. The van der Waals surface area contributed by atoms with Crippen molar-refractivity contribution in [2.24, 2.45) is 0 Å². The van der Waals surface area contributed by atoms with E-state index in [0.717, 1.165) is 11.4 Å². The fraction of sp³-hybridized carbons (Fsp3) is 0.455. The van der Waals surface area contributed by atoms with Crippen molar-refractivity contribution in [1.82, 2.24) is 9.97 Å². The molecule has 0 bridgehead atoms. The molecule has 0 aliphatic heterocycles. The lowest BCUT2D eigenvalue weighted by Crippen LogP contribution is -1.90. The van der Waals surface area contributed by atoms with E-state index in [2.05, 4.69) is 9.97 Å². The van der Waals surface area contributed by atoms with Gasteiger partial charge in [-0.25, -0.2) is 4.98 Å². The summed E-state index contributed by atoms with van der Waals surface area (Å²) in [4.78, 5) is 8.57. The molecule has 1 aliphatic rings. The maximum absolute atomic E-state index is 5.63. The number of nitrogen functional groups attached to an aromatic ring is 1.